The summed E-state index contributed by atoms with van der Waals surface area (Å²) >= 11 is 0. The SMILES string of the molecule is Cc1c(C(=O)N=S(C)(C)=O)cn2ncnc(Nc3ccc(F)cc3O[C@H](C)C(=O)NCCF)c12. The minimum absolute atomic E-state index is 0.0203. The molecule has 3 rings (SSSR count). The van der Waals surface area contributed by atoms with Crippen LogP contribution in [-0.2, 0) is 14.5 Å². The van der Waals surface area contributed by atoms with Crippen molar-refractivity contribution >= 4 is 38.6 Å². The largest absolute Gasteiger partial charge is 0.479 e. The van der Waals surface area contributed by atoms with E-state index in [-0.39, 0.29) is 29.4 Å². The Morgan fingerprint density at radius 3 is 2.74 bits per heavy atom. The van der Waals surface area contributed by atoms with Gasteiger partial charge in [-0.25, -0.2) is 22.5 Å². The van der Waals surface area contributed by atoms with Gasteiger partial charge in [0.05, 0.1) is 11.3 Å². The van der Waals surface area contributed by atoms with Crippen LogP contribution in [0, 0.1) is 12.7 Å². The highest BCUT2D eigenvalue weighted by molar-refractivity contribution is 7.92. The van der Waals surface area contributed by atoms with Crippen LogP contribution in [0.25, 0.3) is 5.52 Å². The predicted molar refractivity (Wildman–Crippen MR) is 123 cm³/mol. The van der Waals surface area contributed by atoms with Crippen molar-refractivity contribution in [3.05, 3.63) is 47.7 Å². The standard InChI is InChI=1S/C21H24F2N6O4S/c1-12-15(21(31)28-34(3,4)32)10-29-18(12)19(25-11-26-29)27-16-6-5-14(23)9-17(16)33-13(2)20(30)24-8-7-22/h5-6,9-11,13H,7-8H2,1-4H3,(H,24,30)(H,25,26,27)/t13-/m1/s1. The van der Waals surface area contributed by atoms with E-state index in [0.717, 1.165) is 6.07 Å². The van der Waals surface area contributed by atoms with E-state index in [1.54, 1.807) is 6.92 Å². The highest BCUT2D eigenvalue weighted by Gasteiger charge is 2.21. The molecule has 0 aliphatic carbocycles. The smallest absolute Gasteiger partial charge is 0.286 e. The van der Waals surface area contributed by atoms with Gasteiger partial charge in [0.2, 0.25) is 0 Å². The molecule has 0 saturated heterocycles. The van der Waals surface area contributed by atoms with Crippen molar-refractivity contribution in [1.29, 1.82) is 0 Å². The second kappa shape index (κ2) is 10.1. The lowest BCUT2D eigenvalue weighted by Gasteiger charge is -2.18. The number of nitrogens with one attached hydrogen (secondary N) is 2. The molecule has 1 atom stereocenters. The molecule has 0 aliphatic rings. The Kier molecular flexibility index (Phi) is 7.44. The number of hydrogen-bond donors (Lipinski definition) is 2. The number of fused-ring (bicyclic) bond motifs is 1. The summed E-state index contributed by atoms with van der Waals surface area (Å²) in [5, 5.41) is 9.48. The molecule has 0 bridgehead atoms. The van der Waals surface area contributed by atoms with Crippen LogP contribution in [0.4, 0.5) is 20.3 Å². The average Bonchev–Trinajstić information content (AvgIpc) is 3.10. The molecule has 0 fully saturated rings. The molecule has 10 nitrogen and oxygen atoms in total. The predicted octanol–water partition coefficient (Wildman–Crippen LogP) is 2.64. The number of amides is 2. The Labute approximate surface area is 194 Å². The van der Waals surface area contributed by atoms with Gasteiger partial charge in [0.15, 0.2) is 11.9 Å². The molecule has 3 aromatic rings. The van der Waals surface area contributed by atoms with E-state index in [9.17, 15) is 22.6 Å². The molecule has 2 amide bonds. The Bertz CT molecular complexity index is 1360. The summed E-state index contributed by atoms with van der Waals surface area (Å²) in [5.41, 5.74) is 1.41. The van der Waals surface area contributed by atoms with E-state index in [4.69, 9.17) is 4.74 Å². The fourth-order valence-electron chi connectivity index (χ4n) is 3.10. The first-order chi connectivity index (χ1) is 16.0. The number of aryl methyl sites for hydroxylation is 1. The number of halogens is 2. The van der Waals surface area contributed by atoms with Crippen LogP contribution in [0.5, 0.6) is 5.75 Å². The second-order valence-electron chi connectivity index (χ2n) is 7.65. The first kappa shape index (κ1) is 25.0. The molecule has 182 valence electrons. The van der Waals surface area contributed by atoms with E-state index in [0.29, 0.717) is 11.1 Å². The van der Waals surface area contributed by atoms with Gasteiger partial charge in [0.1, 0.15) is 30.1 Å². The van der Waals surface area contributed by atoms with Gasteiger partial charge >= 0.3 is 0 Å². The van der Waals surface area contributed by atoms with Gasteiger partial charge in [0.25, 0.3) is 11.8 Å². The number of benzene rings is 1. The van der Waals surface area contributed by atoms with Gasteiger partial charge in [-0.15, -0.1) is 0 Å². The van der Waals surface area contributed by atoms with Crippen molar-refractivity contribution in [2.24, 2.45) is 4.36 Å². The minimum Gasteiger partial charge on any atom is -0.479 e. The van der Waals surface area contributed by atoms with E-state index in [1.165, 1.54) is 48.6 Å². The van der Waals surface area contributed by atoms with Gasteiger partial charge in [-0.2, -0.15) is 9.46 Å². The van der Waals surface area contributed by atoms with Gasteiger partial charge in [-0.1, -0.05) is 0 Å². The molecule has 0 spiro atoms. The topological polar surface area (TPSA) is 127 Å². The summed E-state index contributed by atoms with van der Waals surface area (Å²) in [6.45, 7) is 2.23. The van der Waals surface area contributed by atoms with Crippen LogP contribution >= 0.6 is 0 Å². The summed E-state index contributed by atoms with van der Waals surface area (Å²) in [4.78, 5) is 28.8. The maximum Gasteiger partial charge on any atom is 0.286 e. The zero-order chi connectivity index (χ0) is 25.0. The molecule has 0 saturated carbocycles. The Morgan fingerprint density at radius 1 is 1.32 bits per heavy atom. The molecule has 0 radical (unpaired) electrons. The lowest BCUT2D eigenvalue weighted by molar-refractivity contribution is -0.127. The lowest BCUT2D eigenvalue weighted by atomic mass is 10.2. The number of hydrogen-bond acceptors (Lipinski definition) is 7. The fraction of sp³-hybridized carbons (Fsp3) is 0.333. The van der Waals surface area contributed by atoms with Crippen LogP contribution in [0.2, 0.25) is 0 Å². The van der Waals surface area contributed by atoms with Crippen molar-refractivity contribution < 1.29 is 27.3 Å². The highest BCUT2D eigenvalue weighted by atomic mass is 32.2. The normalized spacial score (nSPS) is 12.3. The Balaban J connectivity index is 1.98. The van der Waals surface area contributed by atoms with Crippen molar-refractivity contribution in [3.63, 3.8) is 0 Å². The minimum atomic E-state index is -2.66. The maximum atomic E-state index is 13.9. The van der Waals surface area contributed by atoms with Crippen LogP contribution in [0.15, 0.2) is 35.1 Å². The zero-order valence-electron chi connectivity index (χ0n) is 19.0. The average molecular weight is 495 g/mol. The highest BCUT2D eigenvalue weighted by Crippen LogP contribution is 2.32. The third-order valence-electron chi connectivity index (χ3n) is 4.62. The van der Waals surface area contributed by atoms with Gasteiger partial charge < -0.3 is 15.4 Å². The number of anilines is 2. The van der Waals surface area contributed by atoms with Crippen LogP contribution < -0.4 is 15.4 Å². The number of aromatic nitrogens is 3. The van der Waals surface area contributed by atoms with Gasteiger partial charge in [0, 0.05) is 41.0 Å². The molecule has 2 heterocycles. The zero-order valence-corrected chi connectivity index (χ0v) is 19.8. The van der Waals surface area contributed by atoms with Crippen LogP contribution in [-0.4, -0.2) is 62.5 Å². The van der Waals surface area contributed by atoms with Gasteiger partial charge in [-0.05, 0) is 31.5 Å². The summed E-state index contributed by atoms with van der Waals surface area (Å²) in [5.74, 6) is -1.52. The number of alkyl halides is 1. The molecular formula is C21H24F2N6O4S. The van der Waals surface area contributed by atoms with Crippen LogP contribution in [0.3, 0.4) is 0 Å². The quantitative estimate of drug-likeness (QED) is 0.493. The van der Waals surface area contributed by atoms with E-state index in [1.807, 2.05) is 0 Å². The molecule has 34 heavy (non-hydrogen) atoms. The number of carbonyl (C=O) groups is 2. The monoisotopic (exact) mass is 494 g/mol. The van der Waals surface area contributed by atoms with Crippen molar-refractivity contribution in [1.82, 2.24) is 19.9 Å². The fourth-order valence-corrected chi connectivity index (χ4v) is 3.60. The third-order valence-corrected chi connectivity index (χ3v) is 5.23. The summed E-state index contributed by atoms with van der Waals surface area (Å²) in [7, 11) is -2.66. The maximum absolute atomic E-state index is 13.9. The summed E-state index contributed by atoms with van der Waals surface area (Å²) < 4.78 is 48.9. The number of carbonyl (C=O) groups excluding carboxylic acids is 2. The van der Waals surface area contributed by atoms with Crippen molar-refractivity contribution in [3.8, 4) is 5.75 Å². The molecular weight excluding hydrogens is 470 g/mol. The third kappa shape index (κ3) is 5.84. The molecule has 0 unspecified atom stereocenters. The van der Waals surface area contributed by atoms with Gasteiger partial charge in [-0.3, -0.25) is 9.59 Å². The Hall–Kier alpha value is -3.61. The molecule has 2 N–H and O–H groups in total. The van der Waals surface area contributed by atoms with Crippen molar-refractivity contribution in [2.75, 3.05) is 31.0 Å². The van der Waals surface area contributed by atoms with Crippen LogP contribution in [0.1, 0.15) is 22.8 Å². The molecule has 0 aliphatic heterocycles. The van der Waals surface area contributed by atoms with E-state index in [2.05, 4.69) is 25.1 Å². The van der Waals surface area contributed by atoms with E-state index >= 15 is 0 Å². The number of rotatable bonds is 8. The van der Waals surface area contributed by atoms with Crippen molar-refractivity contribution in [2.45, 2.75) is 20.0 Å². The second-order valence-corrected chi connectivity index (χ2v) is 10.2. The summed E-state index contributed by atoms with van der Waals surface area (Å²) in [6.07, 6.45) is 4.39. The summed E-state index contributed by atoms with van der Waals surface area (Å²) in [6, 6.07) is 3.69. The lowest BCUT2D eigenvalue weighted by Crippen LogP contribution is -2.37. The number of nitrogens with zero attached hydrogens (tertiary/aromatic N) is 4. The Morgan fingerprint density at radius 2 is 2.06 bits per heavy atom. The van der Waals surface area contributed by atoms with E-state index < -0.39 is 40.1 Å². The molecule has 2 aromatic heterocycles. The number of ether oxygens (including phenoxy) is 1. The molecule has 13 heteroatoms. The first-order valence-corrected chi connectivity index (χ1v) is 12.4. The molecule has 1 aromatic carbocycles. The first-order valence-electron chi connectivity index (χ1n) is 10.1.